The highest BCUT2D eigenvalue weighted by atomic mass is 19.2. The van der Waals surface area contributed by atoms with Crippen molar-refractivity contribution in [3.05, 3.63) is 77.1 Å². The van der Waals surface area contributed by atoms with E-state index in [0.29, 0.717) is 46.1 Å². The van der Waals surface area contributed by atoms with Gasteiger partial charge in [-0.1, -0.05) is 12.1 Å². The molecule has 0 aliphatic carbocycles. The van der Waals surface area contributed by atoms with Crippen molar-refractivity contribution in [3.8, 4) is 17.2 Å². The van der Waals surface area contributed by atoms with Gasteiger partial charge < -0.3 is 19.1 Å². The zero-order valence-corrected chi connectivity index (χ0v) is 16.9. The Bertz CT molecular complexity index is 1180. The highest BCUT2D eigenvalue weighted by Gasteiger charge is 2.38. The number of hydrogen-bond donors (Lipinski definition) is 0. The number of hydrogen-bond acceptors (Lipinski definition) is 5. The van der Waals surface area contributed by atoms with E-state index in [-0.39, 0.29) is 0 Å². The van der Waals surface area contributed by atoms with Gasteiger partial charge in [0.25, 0.3) is 0 Å². The van der Waals surface area contributed by atoms with Crippen molar-refractivity contribution in [2.75, 3.05) is 26.2 Å². The van der Waals surface area contributed by atoms with Gasteiger partial charge in [-0.2, -0.15) is 4.39 Å². The molecule has 0 N–H and O–H groups in total. The van der Waals surface area contributed by atoms with Gasteiger partial charge in [-0.15, -0.1) is 0 Å². The molecule has 0 amide bonds. The fourth-order valence-electron chi connectivity index (χ4n) is 3.77. The first-order valence-electron chi connectivity index (χ1n) is 9.31. The number of fused-ring (bicyclic) bond motifs is 2. The number of methoxy groups -OCH3 is 2. The summed E-state index contributed by atoms with van der Waals surface area (Å²) in [5, 5.41) is 0. The molecule has 1 atom stereocenters. The Hall–Kier alpha value is -3.68. The highest BCUT2D eigenvalue weighted by Crippen LogP contribution is 2.49. The number of anilines is 2. The van der Waals surface area contributed by atoms with E-state index in [4.69, 9.17) is 14.2 Å². The van der Waals surface area contributed by atoms with Crippen molar-refractivity contribution < 1.29 is 32.2 Å². The summed E-state index contributed by atoms with van der Waals surface area (Å²) in [7, 11) is 4.78. The van der Waals surface area contributed by atoms with Gasteiger partial charge in [0, 0.05) is 30.1 Å². The second kappa shape index (κ2) is 7.86. The number of carbonyl (C=O) groups excluding carboxylic acids is 1. The second-order valence-corrected chi connectivity index (χ2v) is 6.90. The lowest BCUT2D eigenvalue weighted by Gasteiger charge is -2.35. The molecule has 160 valence electrons. The number of halogens is 3. The van der Waals surface area contributed by atoms with Crippen molar-refractivity contribution in [2.24, 2.45) is 0 Å². The van der Waals surface area contributed by atoms with E-state index in [0.717, 1.165) is 0 Å². The van der Waals surface area contributed by atoms with Crippen LogP contribution in [0, 0.1) is 17.5 Å². The Kier molecular flexibility index (Phi) is 5.22. The average Bonchev–Trinajstić information content (AvgIpc) is 2.79. The van der Waals surface area contributed by atoms with Crippen molar-refractivity contribution in [1.29, 1.82) is 0 Å². The second-order valence-electron chi connectivity index (χ2n) is 6.90. The third-order valence-corrected chi connectivity index (χ3v) is 5.26. The van der Waals surface area contributed by atoms with Crippen molar-refractivity contribution in [1.82, 2.24) is 0 Å². The quantitative estimate of drug-likeness (QED) is 0.334. The largest absolute Gasteiger partial charge is 0.497 e. The van der Waals surface area contributed by atoms with E-state index in [2.05, 4.69) is 0 Å². The topological polar surface area (TPSA) is 48.0 Å². The molecular formula is C23H18F3NO4. The number of carbonyl (C=O) groups is 1. The Morgan fingerprint density at radius 2 is 1.68 bits per heavy atom. The minimum absolute atomic E-state index is 0.396. The molecule has 4 rings (SSSR count). The van der Waals surface area contributed by atoms with Gasteiger partial charge in [-0.3, -0.25) is 4.79 Å². The summed E-state index contributed by atoms with van der Waals surface area (Å²) in [6, 6.07) is 11.6. The molecule has 31 heavy (non-hydrogen) atoms. The van der Waals surface area contributed by atoms with E-state index in [1.54, 1.807) is 36.4 Å². The third-order valence-electron chi connectivity index (χ3n) is 5.26. The first kappa shape index (κ1) is 20.6. The average molecular weight is 429 g/mol. The molecule has 5 nitrogen and oxygen atoms in total. The van der Waals surface area contributed by atoms with Crippen LogP contribution < -0.4 is 19.1 Å². The normalized spacial score (nSPS) is 14.5. The van der Waals surface area contributed by atoms with E-state index in [1.807, 2.05) is 11.9 Å². The van der Waals surface area contributed by atoms with Gasteiger partial charge in [0.05, 0.1) is 14.2 Å². The molecule has 0 bridgehead atoms. The van der Waals surface area contributed by atoms with E-state index in [9.17, 15) is 18.0 Å². The monoisotopic (exact) mass is 429 g/mol. The molecule has 1 aliphatic heterocycles. The Labute approximate surface area is 176 Å². The van der Waals surface area contributed by atoms with E-state index >= 15 is 0 Å². The molecule has 3 aromatic rings. The van der Waals surface area contributed by atoms with Crippen molar-refractivity contribution >= 4 is 17.3 Å². The molecule has 1 aliphatic rings. The molecule has 3 aromatic carbocycles. The van der Waals surface area contributed by atoms with Crippen LogP contribution in [0.2, 0.25) is 0 Å². The van der Waals surface area contributed by atoms with E-state index in [1.165, 1.54) is 14.2 Å². The summed E-state index contributed by atoms with van der Waals surface area (Å²) in [6.45, 7) is 0. The summed E-state index contributed by atoms with van der Waals surface area (Å²) >= 11 is 0. The molecule has 0 spiro atoms. The van der Waals surface area contributed by atoms with Crippen molar-refractivity contribution in [3.63, 3.8) is 0 Å². The van der Waals surface area contributed by atoms with Gasteiger partial charge in [0.2, 0.25) is 11.6 Å². The van der Waals surface area contributed by atoms with Crippen LogP contribution in [0.4, 0.5) is 24.5 Å². The lowest BCUT2D eigenvalue weighted by Crippen LogP contribution is -2.29. The van der Waals surface area contributed by atoms with Crippen LogP contribution in [0.1, 0.15) is 17.0 Å². The highest BCUT2D eigenvalue weighted by molar-refractivity contribution is 5.94. The smallest absolute Gasteiger partial charge is 0.323 e. The summed E-state index contributed by atoms with van der Waals surface area (Å²) in [4.78, 5) is 15.1. The lowest BCUT2D eigenvalue weighted by molar-refractivity contribution is -0.135. The first-order valence-corrected chi connectivity index (χ1v) is 9.31. The van der Waals surface area contributed by atoms with Gasteiger partial charge in [-0.25, -0.2) is 8.78 Å². The molecule has 0 fully saturated rings. The maximum Gasteiger partial charge on any atom is 0.323 e. The Morgan fingerprint density at radius 1 is 0.935 bits per heavy atom. The maximum absolute atomic E-state index is 14.1. The molecule has 0 radical (unpaired) electrons. The SMILES string of the molecule is COc1ccc2c(c1)N(C)c1cccc(OC)c1C2C(=O)Oc1c(F)ccc(F)c1F. The maximum atomic E-state index is 14.1. The predicted octanol–water partition coefficient (Wildman–Crippen LogP) is 4.94. The molecule has 1 heterocycles. The van der Waals surface area contributed by atoms with E-state index < -0.39 is 35.1 Å². The van der Waals surface area contributed by atoms with Gasteiger partial charge in [-0.05, 0) is 35.9 Å². The predicted molar refractivity (Wildman–Crippen MR) is 108 cm³/mol. The number of esters is 1. The molecule has 8 heteroatoms. The van der Waals surface area contributed by atoms with Crippen LogP contribution in [-0.4, -0.2) is 27.2 Å². The first-order chi connectivity index (χ1) is 14.9. The van der Waals surface area contributed by atoms with Gasteiger partial charge in [0.15, 0.2) is 11.6 Å². The number of rotatable bonds is 4. The summed E-state index contributed by atoms with van der Waals surface area (Å²) < 4.78 is 57.7. The molecular weight excluding hydrogens is 411 g/mol. The lowest BCUT2D eigenvalue weighted by atomic mass is 9.84. The minimum Gasteiger partial charge on any atom is -0.497 e. The molecule has 0 saturated heterocycles. The number of benzene rings is 3. The molecule has 1 unspecified atom stereocenters. The number of nitrogens with zero attached hydrogens (tertiary/aromatic N) is 1. The Balaban J connectivity index is 1.89. The zero-order valence-electron chi connectivity index (χ0n) is 16.9. The standard InChI is InChI=1S/C23H18F3NO4/c1-27-16-5-4-6-18(30-3)20(16)19(13-8-7-12(29-2)11-17(13)27)23(28)31-22-15(25)10-9-14(24)21(22)26/h4-11,19H,1-3H3. The van der Waals surface area contributed by atoms with Gasteiger partial charge in [0.1, 0.15) is 17.4 Å². The van der Waals surface area contributed by atoms with Gasteiger partial charge >= 0.3 is 5.97 Å². The van der Waals surface area contributed by atoms with Crippen LogP contribution in [-0.2, 0) is 4.79 Å². The minimum atomic E-state index is -1.57. The summed E-state index contributed by atoms with van der Waals surface area (Å²) in [5.41, 5.74) is 2.26. The van der Waals surface area contributed by atoms with Crippen LogP contribution in [0.25, 0.3) is 0 Å². The van der Waals surface area contributed by atoms with Crippen LogP contribution in [0.5, 0.6) is 17.2 Å². The zero-order chi connectivity index (χ0) is 22.3. The fourth-order valence-corrected chi connectivity index (χ4v) is 3.77. The Morgan fingerprint density at radius 3 is 2.39 bits per heavy atom. The van der Waals surface area contributed by atoms with Crippen molar-refractivity contribution in [2.45, 2.75) is 5.92 Å². The fraction of sp³-hybridized carbons (Fsp3) is 0.174. The number of ether oxygens (including phenoxy) is 3. The summed E-state index contributed by atoms with van der Waals surface area (Å²) in [6.07, 6.45) is 0. The van der Waals surface area contributed by atoms with Crippen LogP contribution in [0.15, 0.2) is 48.5 Å². The van der Waals surface area contributed by atoms with Crippen LogP contribution >= 0.6 is 0 Å². The molecule has 0 aromatic heterocycles. The van der Waals surface area contributed by atoms with Crippen LogP contribution in [0.3, 0.4) is 0 Å². The third kappa shape index (κ3) is 3.34. The summed E-state index contributed by atoms with van der Waals surface area (Å²) in [5.74, 6) is -6.27. The molecule has 0 saturated carbocycles.